The number of hydrogen-bond donors (Lipinski definition) is 2. The zero-order valence-electron chi connectivity index (χ0n) is 12.3. The number of rotatable bonds is 4. The molecular formula is C16H25ClN2O. The van der Waals surface area contributed by atoms with Crippen LogP contribution in [0.5, 0.6) is 0 Å². The van der Waals surface area contributed by atoms with Crippen molar-refractivity contribution in [2.45, 2.75) is 32.6 Å². The summed E-state index contributed by atoms with van der Waals surface area (Å²) in [6.45, 7) is 7.12. The highest BCUT2D eigenvalue weighted by atomic mass is 35.5. The highest BCUT2D eigenvalue weighted by molar-refractivity contribution is 5.94. The van der Waals surface area contributed by atoms with Gasteiger partial charge in [-0.15, -0.1) is 12.4 Å². The van der Waals surface area contributed by atoms with Crippen molar-refractivity contribution in [1.29, 1.82) is 0 Å². The molecule has 20 heavy (non-hydrogen) atoms. The maximum Gasteiger partial charge on any atom is 0.251 e. The Morgan fingerprint density at radius 3 is 2.40 bits per heavy atom. The Labute approximate surface area is 127 Å². The van der Waals surface area contributed by atoms with Crippen LogP contribution in [0.1, 0.15) is 48.5 Å². The Morgan fingerprint density at radius 1 is 1.25 bits per heavy atom. The molecule has 1 aromatic carbocycles. The molecule has 0 bridgehead atoms. The highest BCUT2D eigenvalue weighted by Gasteiger charge is 2.15. The SMILES string of the molecule is CC(C)CNC(=O)c1ccc(C2CCNCC2)cc1.Cl. The molecule has 0 spiro atoms. The van der Waals surface area contributed by atoms with E-state index < -0.39 is 0 Å². The molecule has 0 saturated carbocycles. The maximum absolute atomic E-state index is 11.9. The molecule has 2 N–H and O–H groups in total. The summed E-state index contributed by atoms with van der Waals surface area (Å²) in [7, 11) is 0. The van der Waals surface area contributed by atoms with Gasteiger partial charge in [-0.3, -0.25) is 4.79 Å². The van der Waals surface area contributed by atoms with Crippen molar-refractivity contribution in [3.05, 3.63) is 35.4 Å². The molecule has 0 atom stereocenters. The predicted octanol–water partition coefficient (Wildman–Crippen LogP) is 2.96. The van der Waals surface area contributed by atoms with E-state index in [2.05, 4.69) is 36.6 Å². The smallest absolute Gasteiger partial charge is 0.251 e. The molecular weight excluding hydrogens is 272 g/mol. The normalized spacial score (nSPS) is 15.8. The van der Waals surface area contributed by atoms with E-state index >= 15 is 0 Å². The number of amides is 1. The van der Waals surface area contributed by atoms with Crippen molar-refractivity contribution < 1.29 is 4.79 Å². The van der Waals surface area contributed by atoms with Gasteiger partial charge < -0.3 is 10.6 Å². The molecule has 1 aliphatic rings. The van der Waals surface area contributed by atoms with Gasteiger partial charge in [0.2, 0.25) is 0 Å². The Hall–Kier alpha value is -1.06. The largest absolute Gasteiger partial charge is 0.352 e. The van der Waals surface area contributed by atoms with Crippen LogP contribution in [-0.2, 0) is 0 Å². The van der Waals surface area contributed by atoms with Crippen LogP contribution in [0.2, 0.25) is 0 Å². The third kappa shape index (κ3) is 4.80. The third-order valence-corrected chi connectivity index (χ3v) is 3.65. The molecule has 112 valence electrons. The average Bonchev–Trinajstić information content (AvgIpc) is 2.46. The molecule has 1 heterocycles. The van der Waals surface area contributed by atoms with Crippen molar-refractivity contribution in [2.75, 3.05) is 19.6 Å². The van der Waals surface area contributed by atoms with Gasteiger partial charge in [0.15, 0.2) is 0 Å². The van der Waals surface area contributed by atoms with Crippen LogP contribution in [0.15, 0.2) is 24.3 Å². The van der Waals surface area contributed by atoms with E-state index in [1.807, 2.05) is 12.1 Å². The molecule has 0 unspecified atom stereocenters. The summed E-state index contributed by atoms with van der Waals surface area (Å²) in [6, 6.07) is 8.13. The molecule has 0 radical (unpaired) electrons. The fourth-order valence-electron chi connectivity index (χ4n) is 2.46. The number of benzene rings is 1. The molecule has 1 aromatic rings. The number of hydrogen-bond acceptors (Lipinski definition) is 2. The molecule has 3 nitrogen and oxygen atoms in total. The van der Waals surface area contributed by atoms with Gasteiger partial charge in [-0.25, -0.2) is 0 Å². The second-order valence-electron chi connectivity index (χ2n) is 5.75. The van der Waals surface area contributed by atoms with Gasteiger partial charge in [0, 0.05) is 12.1 Å². The average molecular weight is 297 g/mol. The summed E-state index contributed by atoms with van der Waals surface area (Å²) in [4.78, 5) is 11.9. The first-order valence-corrected chi connectivity index (χ1v) is 7.25. The second kappa shape index (κ2) is 8.28. The van der Waals surface area contributed by atoms with E-state index in [1.54, 1.807) is 0 Å². The van der Waals surface area contributed by atoms with Gasteiger partial charge in [-0.05, 0) is 55.5 Å². The second-order valence-corrected chi connectivity index (χ2v) is 5.75. The van der Waals surface area contributed by atoms with E-state index in [0.29, 0.717) is 11.8 Å². The molecule has 1 aliphatic heterocycles. The van der Waals surface area contributed by atoms with Crippen molar-refractivity contribution in [1.82, 2.24) is 10.6 Å². The maximum atomic E-state index is 11.9. The van der Waals surface area contributed by atoms with Crippen molar-refractivity contribution in [3.8, 4) is 0 Å². The number of piperidine rings is 1. The summed E-state index contributed by atoms with van der Waals surface area (Å²) in [5, 5.41) is 6.33. The Kier molecular flexibility index (Phi) is 7.03. The van der Waals surface area contributed by atoms with E-state index in [-0.39, 0.29) is 18.3 Å². The molecule has 1 amide bonds. The minimum atomic E-state index is 0. The monoisotopic (exact) mass is 296 g/mol. The van der Waals surface area contributed by atoms with Gasteiger partial charge in [-0.1, -0.05) is 26.0 Å². The Balaban J connectivity index is 0.00000200. The minimum absolute atomic E-state index is 0. The lowest BCUT2D eigenvalue weighted by molar-refractivity contribution is 0.0949. The first kappa shape index (κ1) is 17.0. The van der Waals surface area contributed by atoms with Crippen LogP contribution < -0.4 is 10.6 Å². The fourth-order valence-corrected chi connectivity index (χ4v) is 2.46. The van der Waals surface area contributed by atoms with E-state index in [1.165, 1.54) is 18.4 Å². The van der Waals surface area contributed by atoms with E-state index in [9.17, 15) is 4.79 Å². The first-order chi connectivity index (χ1) is 9.16. The van der Waals surface area contributed by atoms with E-state index in [4.69, 9.17) is 0 Å². The lowest BCUT2D eigenvalue weighted by Crippen LogP contribution is -2.27. The van der Waals surface area contributed by atoms with Gasteiger partial charge in [0.1, 0.15) is 0 Å². The van der Waals surface area contributed by atoms with Gasteiger partial charge in [0.05, 0.1) is 0 Å². The first-order valence-electron chi connectivity index (χ1n) is 7.25. The number of carbonyl (C=O) groups is 1. The van der Waals surface area contributed by atoms with Crippen LogP contribution >= 0.6 is 12.4 Å². The number of carbonyl (C=O) groups excluding carboxylic acids is 1. The molecule has 4 heteroatoms. The summed E-state index contributed by atoms with van der Waals surface area (Å²) in [5.74, 6) is 1.16. The quantitative estimate of drug-likeness (QED) is 0.897. The minimum Gasteiger partial charge on any atom is -0.352 e. The van der Waals surface area contributed by atoms with Crippen LogP contribution in [0.3, 0.4) is 0 Å². The standard InChI is InChI=1S/C16H24N2O.ClH/c1-12(2)11-18-16(19)15-5-3-13(4-6-15)14-7-9-17-10-8-14;/h3-6,12,14,17H,7-11H2,1-2H3,(H,18,19);1H. The molecule has 1 saturated heterocycles. The molecule has 1 fully saturated rings. The zero-order valence-corrected chi connectivity index (χ0v) is 13.1. The molecule has 0 aromatic heterocycles. The molecule has 2 rings (SSSR count). The van der Waals surface area contributed by atoms with Crippen LogP contribution in [-0.4, -0.2) is 25.5 Å². The third-order valence-electron chi connectivity index (χ3n) is 3.65. The van der Waals surface area contributed by atoms with Crippen LogP contribution in [0, 0.1) is 5.92 Å². The predicted molar refractivity (Wildman–Crippen MR) is 85.7 cm³/mol. The van der Waals surface area contributed by atoms with Crippen LogP contribution in [0.4, 0.5) is 0 Å². The van der Waals surface area contributed by atoms with Crippen molar-refractivity contribution in [3.63, 3.8) is 0 Å². The summed E-state index contributed by atoms with van der Waals surface area (Å²) in [5.41, 5.74) is 2.13. The lowest BCUT2D eigenvalue weighted by Gasteiger charge is -2.23. The summed E-state index contributed by atoms with van der Waals surface area (Å²) in [6.07, 6.45) is 2.39. The topological polar surface area (TPSA) is 41.1 Å². The van der Waals surface area contributed by atoms with Crippen molar-refractivity contribution in [2.24, 2.45) is 5.92 Å². The highest BCUT2D eigenvalue weighted by Crippen LogP contribution is 2.25. The van der Waals surface area contributed by atoms with Crippen molar-refractivity contribution >= 4 is 18.3 Å². The lowest BCUT2D eigenvalue weighted by atomic mass is 9.90. The summed E-state index contributed by atoms with van der Waals surface area (Å²) >= 11 is 0. The fraction of sp³-hybridized carbons (Fsp3) is 0.562. The summed E-state index contributed by atoms with van der Waals surface area (Å²) < 4.78 is 0. The number of halogens is 1. The Morgan fingerprint density at radius 2 is 1.85 bits per heavy atom. The van der Waals surface area contributed by atoms with Gasteiger partial charge in [-0.2, -0.15) is 0 Å². The van der Waals surface area contributed by atoms with E-state index in [0.717, 1.165) is 25.2 Å². The molecule has 0 aliphatic carbocycles. The Bertz CT molecular complexity index is 411. The zero-order chi connectivity index (χ0) is 13.7. The van der Waals surface area contributed by atoms with Crippen LogP contribution in [0.25, 0.3) is 0 Å². The van der Waals surface area contributed by atoms with Gasteiger partial charge in [0.25, 0.3) is 5.91 Å². The number of nitrogens with one attached hydrogen (secondary N) is 2. The van der Waals surface area contributed by atoms with Gasteiger partial charge >= 0.3 is 0 Å².